The minimum atomic E-state index is -1.24. The van der Waals surface area contributed by atoms with E-state index >= 15 is 0 Å². The molecule has 0 radical (unpaired) electrons. The maximum Gasteiger partial charge on any atom is 0.346 e. The van der Waals surface area contributed by atoms with Crippen molar-refractivity contribution >= 4 is 40.9 Å². The van der Waals surface area contributed by atoms with E-state index < -0.39 is 18.0 Å². The Kier molecular flexibility index (Phi) is 9.61. The molecule has 1 aromatic carbocycles. The molecule has 3 rings (SSSR count). The number of nitrogens with one attached hydrogen (secondary N) is 1. The van der Waals surface area contributed by atoms with Crippen LogP contribution in [-0.4, -0.2) is 53.7 Å². The van der Waals surface area contributed by atoms with Crippen molar-refractivity contribution in [2.75, 3.05) is 24.5 Å². The summed E-state index contributed by atoms with van der Waals surface area (Å²) in [6.07, 6.45) is 5.43. The van der Waals surface area contributed by atoms with Crippen molar-refractivity contribution in [3.05, 3.63) is 46.3 Å². The van der Waals surface area contributed by atoms with Crippen LogP contribution in [0.5, 0.6) is 0 Å². The number of thiophene rings is 1. The van der Waals surface area contributed by atoms with Crippen LogP contribution in [0.25, 0.3) is 16.5 Å². The molecular weight excluding hydrogens is 480 g/mol. The number of unbranched alkanes of at least 4 members (excludes halogenated alkanes) is 1. The normalized spacial score (nSPS) is 14.0. The van der Waals surface area contributed by atoms with E-state index in [1.54, 1.807) is 6.07 Å². The van der Waals surface area contributed by atoms with Gasteiger partial charge in [-0.05, 0) is 73.6 Å². The number of nitrogens with two attached hydrogens (primary N) is 1. The predicted molar refractivity (Wildman–Crippen MR) is 139 cm³/mol. The van der Waals surface area contributed by atoms with Crippen LogP contribution in [0.1, 0.15) is 42.5 Å². The molecule has 190 valence electrons. The standard InChI is InChI=1S/C26H30N4O5S/c27-16-19(25(32)33)15-20-7-9-23(36-20)18-6-8-22-17(14-18)4-3-12-30(22)13-10-24(31)29-11-2-1-5-21(28)26(34)35/h6-9,14-15,21H,1-5,10-13,28H2,(H,29,31)(H,32,33)(H,34,35)/b19-15+. The topological polar surface area (TPSA) is 157 Å². The Hall–Kier alpha value is -3.68. The first-order chi connectivity index (χ1) is 17.3. The number of carbonyl (C=O) groups excluding carboxylic acids is 1. The molecule has 0 spiro atoms. The highest BCUT2D eigenvalue weighted by molar-refractivity contribution is 7.16. The average molecular weight is 511 g/mol. The van der Waals surface area contributed by atoms with E-state index in [0.29, 0.717) is 43.6 Å². The van der Waals surface area contributed by atoms with E-state index in [2.05, 4.69) is 22.3 Å². The lowest BCUT2D eigenvalue weighted by Crippen LogP contribution is -2.34. The molecule has 1 aromatic heterocycles. The van der Waals surface area contributed by atoms with Gasteiger partial charge in [-0.15, -0.1) is 11.3 Å². The van der Waals surface area contributed by atoms with Crippen LogP contribution in [-0.2, 0) is 20.8 Å². The molecule has 0 bridgehead atoms. The number of aliphatic carboxylic acids is 2. The van der Waals surface area contributed by atoms with Gasteiger partial charge in [0.1, 0.15) is 17.7 Å². The van der Waals surface area contributed by atoms with Crippen molar-refractivity contribution in [3.63, 3.8) is 0 Å². The van der Waals surface area contributed by atoms with Crippen molar-refractivity contribution in [2.45, 2.75) is 44.6 Å². The van der Waals surface area contributed by atoms with Crippen LogP contribution in [0.2, 0.25) is 0 Å². The van der Waals surface area contributed by atoms with Gasteiger partial charge < -0.3 is 26.2 Å². The van der Waals surface area contributed by atoms with Crippen LogP contribution < -0.4 is 16.0 Å². The van der Waals surface area contributed by atoms with Crippen molar-refractivity contribution in [3.8, 4) is 16.5 Å². The number of amides is 1. The molecule has 0 aliphatic carbocycles. The summed E-state index contributed by atoms with van der Waals surface area (Å²) in [6.45, 7) is 2.00. The lowest BCUT2D eigenvalue weighted by atomic mass is 9.98. The zero-order valence-electron chi connectivity index (χ0n) is 19.9. The highest BCUT2D eigenvalue weighted by Crippen LogP contribution is 2.35. The average Bonchev–Trinajstić information content (AvgIpc) is 3.33. The van der Waals surface area contributed by atoms with Gasteiger partial charge in [0.25, 0.3) is 0 Å². The minimum Gasteiger partial charge on any atom is -0.480 e. The molecule has 1 unspecified atom stereocenters. The Labute approximate surface area is 213 Å². The number of carboxylic acids is 2. The van der Waals surface area contributed by atoms with Crippen LogP contribution in [0.3, 0.4) is 0 Å². The molecule has 5 N–H and O–H groups in total. The summed E-state index contributed by atoms with van der Waals surface area (Å²) in [5.74, 6) is -2.27. The second kappa shape index (κ2) is 12.9. The summed E-state index contributed by atoms with van der Waals surface area (Å²) in [5, 5.41) is 29.7. The molecule has 0 saturated carbocycles. The molecule has 1 amide bonds. The zero-order chi connectivity index (χ0) is 26.1. The number of nitrogens with zero attached hydrogens (tertiary/aromatic N) is 2. The van der Waals surface area contributed by atoms with Gasteiger partial charge in [0.05, 0.1) is 0 Å². The summed E-state index contributed by atoms with van der Waals surface area (Å²) in [7, 11) is 0. The number of fused-ring (bicyclic) bond motifs is 1. The van der Waals surface area contributed by atoms with Gasteiger partial charge in [-0.2, -0.15) is 5.26 Å². The Morgan fingerprint density at radius 2 is 2.03 bits per heavy atom. The number of rotatable bonds is 12. The molecule has 9 nitrogen and oxygen atoms in total. The Morgan fingerprint density at radius 1 is 1.22 bits per heavy atom. The van der Waals surface area contributed by atoms with E-state index in [-0.39, 0.29) is 11.5 Å². The van der Waals surface area contributed by atoms with E-state index in [1.807, 2.05) is 18.2 Å². The van der Waals surface area contributed by atoms with Gasteiger partial charge in [-0.25, -0.2) is 4.79 Å². The van der Waals surface area contributed by atoms with Crippen molar-refractivity contribution in [1.29, 1.82) is 5.26 Å². The summed E-state index contributed by atoms with van der Waals surface area (Å²) >= 11 is 1.43. The third-order valence-electron chi connectivity index (χ3n) is 6.03. The first-order valence-corrected chi connectivity index (χ1v) is 12.7. The molecule has 0 saturated heterocycles. The lowest BCUT2D eigenvalue weighted by Gasteiger charge is -2.31. The number of benzene rings is 1. The number of hydrogen-bond donors (Lipinski definition) is 4. The van der Waals surface area contributed by atoms with Crippen molar-refractivity contribution in [2.24, 2.45) is 5.73 Å². The molecular formula is C26H30N4O5S. The molecule has 0 fully saturated rings. The Morgan fingerprint density at radius 3 is 2.75 bits per heavy atom. The predicted octanol–water partition coefficient (Wildman–Crippen LogP) is 3.25. The Balaban J connectivity index is 1.54. The highest BCUT2D eigenvalue weighted by Gasteiger charge is 2.19. The van der Waals surface area contributed by atoms with Crippen LogP contribution in [0, 0.1) is 11.3 Å². The molecule has 1 aliphatic heterocycles. The van der Waals surface area contributed by atoms with E-state index in [1.165, 1.54) is 23.0 Å². The van der Waals surface area contributed by atoms with Crippen LogP contribution >= 0.6 is 11.3 Å². The third-order valence-corrected chi connectivity index (χ3v) is 7.11. The minimum absolute atomic E-state index is 0.0291. The summed E-state index contributed by atoms with van der Waals surface area (Å²) < 4.78 is 0. The second-order valence-electron chi connectivity index (χ2n) is 8.65. The first kappa shape index (κ1) is 26.9. The van der Waals surface area contributed by atoms with Crippen molar-refractivity contribution < 1.29 is 24.6 Å². The maximum atomic E-state index is 12.3. The van der Waals surface area contributed by atoms with Crippen LogP contribution in [0.15, 0.2) is 35.9 Å². The summed E-state index contributed by atoms with van der Waals surface area (Å²) in [4.78, 5) is 38.0. The number of hydrogen-bond acceptors (Lipinski definition) is 7. The molecule has 10 heteroatoms. The lowest BCUT2D eigenvalue weighted by molar-refractivity contribution is -0.138. The first-order valence-electron chi connectivity index (χ1n) is 11.9. The fourth-order valence-corrected chi connectivity index (χ4v) is 5.04. The van der Waals surface area contributed by atoms with Gasteiger partial charge in [-0.1, -0.05) is 6.07 Å². The SMILES string of the molecule is N#C/C(=C\c1ccc(-c2ccc3c(c2)CCCN3CCC(=O)NCCCCC(N)C(=O)O)s1)C(=O)O. The van der Waals surface area contributed by atoms with Gasteiger partial charge >= 0.3 is 11.9 Å². The maximum absolute atomic E-state index is 12.3. The second-order valence-corrected chi connectivity index (χ2v) is 9.77. The molecule has 2 aromatic rings. The quantitative estimate of drug-likeness (QED) is 0.193. The third kappa shape index (κ3) is 7.41. The molecule has 1 aliphatic rings. The zero-order valence-corrected chi connectivity index (χ0v) is 20.7. The fraction of sp³-hybridized carbons (Fsp3) is 0.385. The monoisotopic (exact) mass is 510 g/mol. The molecule has 36 heavy (non-hydrogen) atoms. The largest absolute Gasteiger partial charge is 0.480 e. The number of carbonyl (C=O) groups is 3. The Bertz CT molecular complexity index is 1180. The number of aryl methyl sites for hydroxylation is 1. The summed E-state index contributed by atoms with van der Waals surface area (Å²) in [6, 6.07) is 10.8. The van der Waals surface area contributed by atoms with E-state index in [4.69, 9.17) is 21.2 Å². The molecule has 1 atom stereocenters. The van der Waals surface area contributed by atoms with Gasteiger partial charge in [0.2, 0.25) is 5.91 Å². The fourth-order valence-electron chi connectivity index (χ4n) is 4.10. The van der Waals surface area contributed by atoms with Crippen LogP contribution in [0.4, 0.5) is 5.69 Å². The smallest absolute Gasteiger partial charge is 0.346 e. The van der Waals surface area contributed by atoms with Gasteiger partial charge in [0.15, 0.2) is 0 Å². The number of carboxylic acid groups (broad SMARTS) is 2. The highest BCUT2D eigenvalue weighted by atomic mass is 32.1. The van der Waals surface area contributed by atoms with E-state index in [9.17, 15) is 14.4 Å². The van der Waals surface area contributed by atoms with E-state index in [0.717, 1.165) is 35.5 Å². The summed E-state index contributed by atoms with van der Waals surface area (Å²) in [5.41, 5.74) is 8.55. The number of nitriles is 1. The van der Waals surface area contributed by atoms with Gasteiger partial charge in [-0.3, -0.25) is 9.59 Å². The molecule has 2 heterocycles. The van der Waals surface area contributed by atoms with Gasteiger partial charge in [0, 0.05) is 41.5 Å². The van der Waals surface area contributed by atoms with Crippen molar-refractivity contribution in [1.82, 2.24) is 5.32 Å². The number of anilines is 1.